The van der Waals surface area contributed by atoms with E-state index < -0.39 is 0 Å². The van der Waals surface area contributed by atoms with Gasteiger partial charge < -0.3 is 16.0 Å². The monoisotopic (exact) mass is 377 g/mol. The van der Waals surface area contributed by atoms with Crippen molar-refractivity contribution in [2.45, 2.75) is 19.9 Å². The predicted molar refractivity (Wildman–Crippen MR) is 103 cm³/mol. The average molecular weight is 378 g/mol. The van der Waals surface area contributed by atoms with Crippen molar-refractivity contribution >= 4 is 51.9 Å². The summed E-state index contributed by atoms with van der Waals surface area (Å²) in [6, 6.07) is 9.10. The summed E-state index contributed by atoms with van der Waals surface area (Å²) < 4.78 is 0. The Kier molecular flexibility index (Phi) is 4.89. The van der Waals surface area contributed by atoms with Crippen LogP contribution in [0.5, 0.6) is 0 Å². The number of amides is 1. The number of aryl methyl sites for hydroxylation is 1. The van der Waals surface area contributed by atoms with Crippen molar-refractivity contribution in [1.82, 2.24) is 10.6 Å². The lowest BCUT2D eigenvalue weighted by atomic mass is 10.0. The van der Waals surface area contributed by atoms with Crippen LogP contribution >= 0.6 is 35.2 Å². The molecule has 4 nitrogen and oxygen atoms in total. The van der Waals surface area contributed by atoms with Gasteiger partial charge in [-0.15, -0.1) is 11.3 Å². The van der Waals surface area contributed by atoms with Crippen molar-refractivity contribution in [3.8, 4) is 0 Å². The maximum absolute atomic E-state index is 12.9. The summed E-state index contributed by atoms with van der Waals surface area (Å²) >= 11 is 12.9. The fourth-order valence-corrected chi connectivity index (χ4v) is 3.81. The lowest BCUT2D eigenvalue weighted by Crippen LogP contribution is -2.45. The molecule has 0 spiro atoms. The smallest absolute Gasteiger partial charge is 0.255 e. The van der Waals surface area contributed by atoms with Gasteiger partial charge in [-0.2, -0.15) is 0 Å². The minimum atomic E-state index is -0.266. The first-order chi connectivity index (χ1) is 11.5. The van der Waals surface area contributed by atoms with E-state index in [9.17, 15) is 4.79 Å². The molecule has 3 rings (SSSR count). The highest BCUT2D eigenvalue weighted by molar-refractivity contribution is 7.80. The number of halogens is 1. The Bertz CT molecular complexity index is 830. The molecule has 0 saturated carbocycles. The maximum atomic E-state index is 12.9. The molecule has 1 aliphatic heterocycles. The molecule has 1 aromatic carbocycles. The molecular formula is C17H16ClN3OS2. The normalized spacial score (nSPS) is 17.3. The summed E-state index contributed by atoms with van der Waals surface area (Å²) in [5.41, 5.74) is 3.01. The Hall–Kier alpha value is -1.89. The van der Waals surface area contributed by atoms with Crippen LogP contribution in [0.1, 0.15) is 23.4 Å². The Balaban J connectivity index is 1.95. The summed E-state index contributed by atoms with van der Waals surface area (Å²) in [7, 11) is 0. The van der Waals surface area contributed by atoms with Crippen molar-refractivity contribution in [2.24, 2.45) is 0 Å². The number of allylic oxidation sites excluding steroid dienone is 1. The topological polar surface area (TPSA) is 53.2 Å². The summed E-state index contributed by atoms with van der Waals surface area (Å²) in [4.78, 5) is 14.0. The van der Waals surface area contributed by atoms with Gasteiger partial charge in [-0.1, -0.05) is 23.7 Å². The highest BCUT2D eigenvalue weighted by Crippen LogP contribution is 2.31. The quantitative estimate of drug-likeness (QED) is 0.703. The molecule has 0 aliphatic carbocycles. The molecule has 2 aromatic rings. The van der Waals surface area contributed by atoms with Gasteiger partial charge in [0.25, 0.3) is 5.91 Å². The van der Waals surface area contributed by atoms with Gasteiger partial charge in [0, 0.05) is 21.3 Å². The van der Waals surface area contributed by atoms with Crippen molar-refractivity contribution in [2.75, 3.05) is 5.32 Å². The standard InChI is InChI=1S/C17H16ClN3OS2/c1-9-5-6-11(18)8-12(9)20-16(22)14-10(2)19-17(23)21-15(14)13-4-3-7-24-13/h3-8,15H,1-2H3,(H,20,22)(H2,19,21,23)/t15-/m1/s1. The number of anilines is 1. The zero-order chi connectivity index (χ0) is 17.3. The van der Waals surface area contributed by atoms with E-state index in [1.807, 2.05) is 37.4 Å². The van der Waals surface area contributed by atoms with Gasteiger partial charge in [0.2, 0.25) is 0 Å². The zero-order valence-electron chi connectivity index (χ0n) is 13.1. The molecule has 3 N–H and O–H groups in total. The van der Waals surface area contributed by atoms with Crippen LogP contribution in [-0.2, 0) is 4.79 Å². The maximum Gasteiger partial charge on any atom is 0.255 e. The number of carbonyl (C=O) groups excluding carboxylic acids is 1. The van der Waals surface area contributed by atoms with Gasteiger partial charge in [-0.05, 0) is 55.2 Å². The molecule has 0 bridgehead atoms. The van der Waals surface area contributed by atoms with Crippen LogP contribution in [0.2, 0.25) is 5.02 Å². The first-order valence-corrected chi connectivity index (χ1v) is 9.01. The van der Waals surface area contributed by atoms with E-state index in [4.69, 9.17) is 23.8 Å². The second kappa shape index (κ2) is 6.93. The number of thiophene rings is 1. The second-order valence-electron chi connectivity index (χ2n) is 5.50. The summed E-state index contributed by atoms with van der Waals surface area (Å²) in [6.45, 7) is 3.78. The molecule has 2 heterocycles. The van der Waals surface area contributed by atoms with Gasteiger partial charge in [0.05, 0.1) is 11.6 Å². The third-order valence-electron chi connectivity index (χ3n) is 3.79. The molecule has 124 valence electrons. The Morgan fingerprint density at radius 2 is 2.12 bits per heavy atom. The zero-order valence-corrected chi connectivity index (χ0v) is 15.5. The van der Waals surface area contributed by atoms with Crippen LogP contribution in [0.25, 0.3) is 0 Å². The number of rotatable bonds is 3. The van der Waals surface area contributed by atoms with Gasteiger partial charge in [-0.3, -0.25) is 4.79 Å². The van der Waals surface area contributed by atoms with Crippen LogP contribution in [0.4, 0.5) is 5.69 Å². The molecule has 7 heteroatoms. The Morgan fingerprint density at radius 1 is 1.33 bits per heavy atom. The first kappa shape index (κ1) is 17.0. The summed E-state index contributed by atoms with van der Waals surface area (Å²) in [6.07, 6.45) is 0. The molecule has 0 fully saturated rings. The highest BCUT2D eigenvalue weighted by atomic mass is 35.5. The number of hydrogen-bond acceptors (Lipinski definition) is 3. The van der Waals surface area contributed by atoms with Crippen LogP contribution in [0.15, 0.2) is 47.0 Å². The van der Waals surface area contributed by atoms with E-state index in [-0.39, 0.29) is 11.9 Å². The molecule has 0 unspecified atom stereocenters. The third kappa shape index (κ3) is 3.45. The van der Waals surface area contributed by atoms with Crippen LogP contribution in [-0.4, -0.2) is 11.0 Å². The van der Waals surface area contributed by atoms with Gasteiger partial charge in [0.1, 0.15) is 0 Å². The van der Waals surface area contributed by atoms with Crippen LogP contribution < -0.4 is 16.0 Å². The third-order valence-corrected chi connectivity index (χ3v) is 5.18. The minimum Gasteiger partial charge on any atom is -0.350 e. The van der Waals surface area contributed by atoms with E-state index in [0.717, 1.165) is 16.1 Å². The van der Waals surface area contributed by atoms with E-state index in [2.05, 4.69) is 16.0 Å². The highest BCUT2D eigenvalue weighted by Gasteiger charge is 2.30. The second-order valence-corrected chi connectivity index (χ2v) is 7.32. The number of hydrogen-bond donors (Lipinski definition) is 3. The number of nitrogens with one attached hydrogen (secondary N) is 3. The number of benzene rings is 1. The molecule has 24 heavy (non-hydrogen) atoms. The van der Waals surface area contributed by atoms with Crippen LogP contribution in [0.3, 0.4) is 0 Å². The van der Waals surface area contributed by atoms with E-state index >= 15 is 0 Å². The largest absolute Gasteiger partial charge is 0.350 e. The number of carbonyl (C=O) groups is 1. The molecular weight excluding hydrogens is 362 g/mol. The van der Waals surface area contributed by atoms with Crippen molar-refractivity contribution in [3.63, 3.8) is 0 Å². The van der Waals surface area contributed by atoms with E-state index in [0.29, 0.717) is 21.4 Å². The molecule has 1 atom stereocenters. The van der Waals surface area contributed by atoms with E-state index in [1.54, 1.807) is 23.5 Å². The van der Waals surface area contributed by atoms with Crippen LogP contribution in [0, 0.1) is 6.92 Å². The van der Waals surface area contributed by atoms with Gasteiger partial charge in [0.15, 0.2) is 5.11 Å². The predicted octanol–water partition coefficient (Wildman–Crippen LogP) is 4.14. The summed E-state index contributed by atoms with van der Waals surface area (Å²) in [5.74, 6) is -0.182. The average Bonchev–Trinajstić information content (AvgIpc) is 3.04. The fourth-order valence-electron chi connectivity index (χ4n) is 2.58. The number of thiocarbonyl (C=S) groups is 1. The molecule has 1 aliphatic rings. The minimum absolute atomic E-state index is 0.182. The molecule has 1 aromatic heterocycles. The SMILES string of the molecule is CC1=C(C(=O)Nc2cc(Cl)ccc2C)[C@@H](c2cccs2)NC(=S)N1. The van der Waals surface area contributed by atoms with Crippen molar-refractivity contribution in [1.29, 1.82) is 0 Å². The lowest BCUT2D eigenvalue weighted by Gasteiger charge is -2.29. The van der Waals surface area contributed by atoms with E-state index in [1.165, 1.54) is 0 Å². The fraction of sp³-hybridized carbons (Fsp3) is 0.176. The molecule has 0 saturated heterocycles. The van der Waals surface area contributed by atoms with Crippen molar-refractivity contribution < 1.29 is 4.79 Å². The molecule has 1 amide bonds. The lowest BCUT2D eigenvalue weighted by molar-refractivity contribution is -0.113. The van der Waals surface area contributed by atoms with Gasteiger partial charge in [-0.25, -0.2) is 0 Å². The Morgan fingerprint density at radius 3 is 2.83 bits per heavy atom. The van der Waals surface area contributed by atoms with Crippen molar-refractivity contribution in [3.05, 3.63) is 62.4 Å². The van der Waals surface area contributed by atoms with Gasteiger partial charge >= 0.3 is 0 Å². The first-order valence-electron chi connectivity index (χ1n) is 7.35. The summed E-state index contributed by atoms with van der Waals surface area (Å²) in [5, 5.41) is 12.2. The molecule has 0 radical (unpaired) electrons. The Labute approximate surface area is 154 Å².